The van der Waals surface area contributed by atoms with E-state index in [1.807, 2.05) is 0 Å². The lowest BCUT2D eigenvalue weighted by molar-refractivity contribution is -0.192. The molecule has 0 fully saturated rings. The van der Waals surface area contributed by atoms with E-state index in [2.05, 4.69) is 6.92 Å². The summed E-state index contributed by atoms with van der Waals surface area (Å²) in [7, 11) is 0. The number of unbranched alkanes of at least 4 members (excludes halogenated alkanes) is 6. The van der Waals surface area contributed by atoms with Crippen LogP contribution in [0.15, 0.2) is 0 Å². The normalized spacial score (nSPS) is 11.5. The Morgan fingerprint density at radius 1 is 1.06 bits per heavy atom. The van der Waals surface area contributed by atoms with Gasteiger partial charge in [0.2, 0.25) is 0 Å². The van der Waals surface area contributed by atoms with E-state index in [0.717, 1.165) is 19.3 Å². The number of ether oxygens (including phenoxy) is 1. The Kier molecular flexibility index (Phi) is 9.09. The van der Waals surface area contributed by atoms with Crippen molar-refractivity contribution in [3.05, 3.63) is 0 Å². The molecule has 4 nitrogen and oxygen atoms in total. The minimum atomic E-state index is -1.92. The van der Waals surface area contributed by atoms with Crippen LogP contribution in [-0.4, -0.2) is 28.6 Å². The second kappa shape index (κ2) is 9.42. The maximum absolute atomic E-state index is 11.2. The van der Waals surface area contributed by atoms with Gasteiger partial charge in [0.15, 0.2) is 5.79 Å². The molecule has 0 aliphatic carbocycles. The highest BCUT2D eigenvalue weighted by Gasteiger charge is 2.17. The number of carbonyl (C=O) groups is 1. The van der Waals surface area contributed by atoms with Crippen molar-refractivity contribution in [2.45, 2.75) is 71.0 Å². The van der Waals surface area contributed by atoms with Gasteiger partial charge >= 0.3 is 5.97 Å². The SMILES string of the molecule is CCCCCCCCCC(=O)OCC(C)(O)O. The minimum Gasteiger partial charge on any atom is -0.460 e. The topological polar surface area (TPSA) is 66.8 Å². The Bertz CT molecular complexity index is 196. The highest BCUT2D eigenvalue weighted by molar-refractivity contribution is 5.69. The number of carbonyl (C=O) groups excluding carboxylic acids is 1. The third-order valence-electron chi connectivity index (χ3n) is 2.49. The average molecular weight is 246 g/mol. The Labute approximate surface area is 104 Å². The quantitative estimate of drug-likeness (QED) is 0.353. The molecule has 0 heterocycles. The maximum atomic E-state index is 11.2. The minimum absolute atomic E-state index is 0.354. The number of hydrogen-bond donors (Lipinski definition) is 2. The van der Waals surface area contributed by atoms with E-state index in [9.17, 15) is 4.79 Å². The standard InChI is InChI=1S/C13H26O4/c1-3-4-5-6-7-8-9-10-12(14)17-11-13(2,15)16/h15-16H,3-11H2,1-2H3. The highest BCUT2D eigenvalue weighted by atomic mass is 16.6. The fraction of sp³-hybridized carbons (Fsp3) is 0.923. The van der Waals surface area contributed by atoms with Crippen LogP contribution in [0.2, 0.25) is 0 Å². The molecule has 0 aliphatic rings. The maximum Gasteiger partial charge on any atom is 0.305 e. The zero-order valence-corrected chi connectivity index (χ0v) is 11.1. The van der Waals surface area contributed by atoms with E-state index in [1.54, 1.807) is 0 Å². The van der Waals surface area contributed by atoms with Crippen LogP contribution < -0.4 is 0 Å². The van der Waals surface area contributed by atoms with E-state index in [0.29, 0.717) is 6.42 Å². The predicted molar refractivity (Wildman–Crippen MR) is 66.4 cm³/mol. The molecule has 17 heavy (non-hydrogen) atoms. The van der Waals surface area contributed by atoms with Crippen LogP contribution >= 0.6 is 0 Å². The van der Waals surface area contributed by atoms with Crippen molar-refractivity contribution in [3.8, 4) is 0 Å². The van der Waals surface area contributed by atoms with Crippen molar-refractivity contribution >= 4 is 5.97 Å². The summed E-state index contributed by atoms with van der Waals surface area (Å²) in [5.74, 6) is -2.27. The average Bonchev–Trinajstić information content (AvgIpc) is 2.24. The van der Waals surface area contributed by atoms with E-state index in [-0.39, 0.29) is 12.6 Å². The van der Waals surface area contributed by atoms with Gasteiger partial charge in [-0.25, -0.2) is 0 Å². The largest absolute Gasteiger partial charge is 0.460 e. The van der Waals surface area contributed by atoms with Crippen molar-refractivity contribution in [3.63, 3.8) is 0 Å². The van der Waals surface area contributed by atoms with Gasteiger partial charge < -0.3 is 14.9 Å². The van der Waals surface area contributed by atoms with Crippen LogP contribution in [0.25, 0.3) is 0 Å². The summed E-state index contributed by atoms with van der Waals surface area (Å²) >= 11 is 0. The molecule has 0 radical (unpaired) electrons. The third-order valence-corrected chi connectivity index (χ3v) is 2.49. The molecular weight excluding hydrogens is 220 g/mol. The summed E-state index contributed by atoms with van der Waals surface area (Å²) in [6.07, 6.45) is 8.41. The van der Waals surface area contributed by atoms with Gasteiger partial charge in [-0.05, 0) is 13.3 Å². The van der Waals surface area contributed by atoms with Crippen LogP contribution in [-0.2, 0) is 9.53 Å². The first kappa shape index (κ1) is 16.4. The lowest BCUT2D eigenvalue weighted by Crippen LogP contribution is -2.31. The van der Waals surface area contributed by atoms with Crippen molar-refractivity contribution in [1.29, 1.82) is 0 Å². The summed E-state index contributed by atoms with van der Waals surface area (Å²) in [4.78, 5) is 11.2. The second-order valence-electron chi connectivity index (χ2n) is 4.75. The van der Waals surface area contributed by atoms with Crippen molar-refractivity contribution in [2.75, 3.05) is 6.61 Å². The van der Waals surface area contributed by atoms with Crippen LogP contribution in [0, 0.1) is 0 Å². The molecule has 0 aromatic rings. The first-order valence-electron chi connectivity index (χ1n) is 6.56. The zero-order valence-electron chi connectivity index (χ0n) is 11.1. The van der Waals surface area contributed by atoms with Gasteiger partial charge in [0.1, 0.15) is 6.61 Å². The summed E-state index contributed by atoms with van der Waals surface area (Å²) in [5, 5.41) is 17.9. The molecule has 0 aliphatic heterocycles. The van der Waals surface area contributed by atoms with Crippen LogP contribution in [0.3, 0.4) is 0 Å². The van der Waals surface area contributed by atoms with Gasteiger partial charge in [0.25, 0.3) is 0 Å². The third kappa shape index (κ3) is 13.3. The molecule has 0 aromatic heterocycles. The molecule has 2 N–H and O–H groups in total. The fourth-order valence-corrected chi connectivity index (χ4v) is 1.52. The first-order valence-corrected chi connectivity index (χ1v) is 6.56. The number of aliphatic hydroxyl groups is 2. The number of rotatable bonds is 10. The second-order valence-corrected chi connectivity index (χ2v) is 4.75. The molecule has 0 unspecified atom stereocenters. The highest BCUT2D eigenvalue weighted by Crippen LogP contribution is 2.09. The fourth-order valence-electron chi connectivity index (χ4n) is 1.52. The van der Waals surface area contributed by atoms with Gasteiger partial charge in [0.05, 0.1) is 0 Å². The van der Waals surface area contributed by atoms with Crippen molar-refractivity contribution < 1.29 is 19.7 Å². The molecule has 0 saturated carbocycles. The summed E-state index contributed by atoms with van der Waals surface area (Å²) in [6.45, 7) is 3.02. The van der Waals surface area contributed by atoms with Gasteiger partial charge in [-0.1, -0.05) is 45.4 Å². The molecule has 102 valence electrons. The smallest absolute Gasteiger partial charge is 0.305 e. The number of esters is 1. The Morgan fingerprint density at radius 3 is 2.12 bits per heavy atom. The van der Waals surface area contributed by atoms with Crippen molar-refractivity contribution in [1.82, 2.24) is 0 Å². The summed E-state index contributed by atoms with van der Waals surface area (Å²) in [5.41, 5.74) is 0. The van der Waals surface area contributed by atoms with Crippen LogP contribution in [0.5, 0.6) is 0 Å². The molecule has 0 rings (SSSR count). The van der Waals surface area contributed by atoms with E-state index in [4.69, 9.17) is 14.9 Å². The van der Waals surface area contributed by atoms with Crippen LogP contribution in [0.4, 0.5) is 0 Å². The van der Waals surface area contributed by atoms with E-state index < -0.39 is 5.79 Å². The Hall–Kier alpha value is -0.610. The molecular formula is C13H26O4. The molecule has 0 spiro atoms. The number of hydrogen-bond acceptors (Lipinski definition) is 4. The van der Waals surface area contributed by atoms with E-state index >= 15 is 0 Å². The molecule has 0 aromatic carbocycles. The van der Waals surface area contributed by atoms with Gasteiger partial charge in [-0.3, -0.25) is 4.79 Å². The molecule has 0 amide bonds. The predicted octanol–water partition coefficient (Wildman–Crippen LogP) is 2.37. The van der Waals surface area contributed by atoms with Gasteiger partial charge in [0, 0.05) is 6.42 Å². The molecule has 4 heteroatoms. The van der Waals surface area contributed by atoms with E-state index in [1.165, 1.54) is 32.6 Å². The first-order chi connectivity index (χ1) is 7.95. The Balaban J connectivity index is 3.28. The zero-order chi connectivity index (χ0) is 13.1. The lowest BCUT2D eigenvalue weighted by atomic mass is 10.1. The molecule has 0 saturated heterocycles. The monoisotopic (exact) mass is 246 g/mol. The Morgan fingerprint density at radius 2 is 1.59 bits per heavy atom. The molecule has 0 bridgehead atoms. The molecule has 0 atom stereocenters. The summed E-state index contributed by atoms with van der Waals surface area (Å²) < 4.78 is 4.71. The van der Waals surface area contributed by atoms with Gasteiger partial charge in [-0.15, -0.1) is 0 Å². The summed E-state index contributed by atoms with van der Waals surface area (Å²) in [6, 6.07) is 0. The van der Waals surface area contributed by atoms with Crippen LogP contribution in [0.1, 0.15) is 65.2 Å². The van der Waals surface area contributed by atoms with Gasteiger partial charge in [-0.2, -0.15) is 0 Å². The van der Waals surface area contributed by atoms with Crippen molar-refractivity contribution in [2.24, 2.45) is 0 Å². The lowest BCUT2D eigenvalue weighted by Gasteiger charge is -2.15.